The van der Waals surface area contributed by atoms with Gasteiger partial charge >= 0.3 is 5.97 Å². The summed E-state index contributed by atoms with van der Waals surface area (Å²) in [6, 6.07) is 12.8. The molecule has 0 saturated heterocycles. The lowest BCUT2D eigenvalue weighted by molar-refractivity contribution is -0.140. The Morgan fingerprint density at radius 2 is 1.91 bits per heavy atom. The van der Waals surface area contributed by atoms with Crippen LogP contribution in [0.2, 0.25) is 0 Å². The van der Waals surface area contributed by atoms with E-state index in [0.717, 1.165) is 0 Å². The molecule has 0 fully saturated rings. The second kappa shape index (κ2) is 7.68. The van der Waals surface area contributed by atoms with Crippen LogP contribution >= 0.6 is 0 Å². The Hall–Kier alpha value is -3.02. The first kappa shape index (κ1) is 15.4. The molecule has 1 atom stereocenters. The van der Waals surface area contributed by atoms with Crippen LogP contribution in [0.25, 0.3) is 0 Å². The Labute approximate surface area is 127 Å². The number of ether oxygens (including phenoxy) is 1. The normalized spacial score (nSPS) is 11.9. The molecule has 6 nitrogen and oxygen atoms in total. The van der Waals surface area contributed by atoms with Crippen molar-refractivity contribution in [2.75, 3.05) is 7.11 Å². The fourth-order valence-electron chi connectivity index (χ4n) is 1.68. The predicted molar refractivity (Wildman–Crippen MR) is 82.1 cm³/mol. The van der Waals surface area contributed by atoms with Gasteiger partial charge in [-0.25, -0.2) is 14.8 Å². The lowest BCUT2D eigenvalue weighted by Crippen LogP contribution is -2.42. The van der Waals surface area contributed by atoms with E-state index < -0.39 is 12.0 Å². The van der Waals surface area contributed by atoms with Crippen molar-refractivity contribution in [1.29, 1.82) is 0 Å². The molecule has 1 aromatic heterocycles. The van der Waals surface area contributed by atoms with Crippen LogP contribution in [0, 0.1) is 0 Å². The minimum Gasteiger partial charge on any atom is -0.467 e. The summed E-state index contributed by atoms with van der Waals surface area (Å²) in [6.45, 7) is 0. The van der Waals surface area contributed by atoms with Crippen LogP contribution in [0.5, 0.6) is 0 Å². The van der Waals surface area contributed by atoms with Gasteiger partial charge in [-0.1, -0.05) is 24.3 Å². The highest BCUT2D eigenvalue weighted by atomic mass is 16.5. The molecule has 0 bridgehead atoms. The van der Waals surface area contributed by atoms with Crippen LogP contribution in [0.3, 0.4) is 0 Å². The monoisotopic (exact) mass is 297 g/mol. The summed E-state index contributed by atoms with van der Waals surface area (Å²) in [6.07, 6.45) is 2.89. The van der Waals surface area contributed by atoms with Gasteiger partial charge in [-0.2, -0.15) is 0 Å². The lowest BCUT2D eigenvalue weighted by Gasteiger charge is -2.12. The fourth-order valence-corrected chi connectivity index (χ4v) is 1.68. The number of hydrogen-bond acceptors (Lipinski definition) is 5. The van der Waals surface area contributed by atoms with Crippen molar-refractivity contribution in [3.05, 3.63) is 60.3 Å². The average molecular weight is 297 g/mol. The molecule has 6 heteroatoms. The van der Waals surface area contributed by atoms with E-state index in [1.807, 2.05) is 0 Å². The number of benzene rings is 1. The molecule has 112 valence electrons. The number of carbonyl (C=O) groups is 2. The summed E-state index contributed by atoms with van der Waals surface area (Å²) in [5.41, 5.74) is 0.447. The molecule has 1 N–H and O–H groups in total. The molecule has 0 aliphatic carbocycles. The number of esters is 1. The van der Waals surface area contributed by atoms with Crippen molar-refractivity contribution >= 4 is 23.9 Å². The molecule has 1 heterocycles. The van der Waals surface area contributed by atoms with Gasteiger partial charge in [0.2, 0.25) is 0 Å². The van der Waals surface area contributed by atoms with Crippen LogP contribution in [0.4, 0.5) is 5.82 Å². The molecule has 0 spiro atoms. The van der Waals surface area contributed by atoms with E-state index in [-0.39, 0.29) is 5.91 Å². The molecular weight excluding hydrogens is 282 g/mol. The van der Waals surface area contributed by atoms with Crippen LogP contribution in [0.1, 0.15) is 10.4 Å². The van der Waals surface area contributed by atoms with Crippen molar-refractivity contribution in [3.8, 4) is 0 Å². The van der Waals surface area contributed by atoms with Gasteiger partial charge in [-0.3, -0.25) is 4.79 Å². The standard InChI is InChI=1S/C16H15N3O3/c1-22-16(21)13(11-18-14-9-5-6-10-17-14)19-15(20)12-7-3-2-4-8-12/h2-11,13H,1H3,(H,19,20). The third-order valence-electron chi connectivity index (χ3n) is 2.78. The molecule has 0 aliphatic rings. The Morgan fingerprint density at radius 3 is 2.55 bits per heavy atom. The van der Waals surface area contributed by atoms with E-state index in [4.69, 9.17) is 0 Å². The van der Waals surface area contributed by atoms with E-state index in [9.17, 15) is 9.59 Å². The van der Waals surface area contributed by atoms with Gasteiger partial charge in [0.1, 0.15) is 0 Å². The van der Waals surface area contributed by atoms with E-state index in [0.29, 0.717) is 11.4 Å². The highest BCUT2D eigenvalue weighted by Crippen LogP contribution is 2.05. The van der Waals surface area contributed by atoms with Crippen molar-refractivity contribution in [3.63, 3.8) is 0 Å². The van der Waals surface area contributed by atoms with Gasteiger partial charge in [-0.05, 0) is 24.3 Å². The van der Waals surface area contributed by atoms with Gasteiger partial charge in [0, 0.05) is 18.0 Å². The third kappa shape index (κ3) is 4.24. The zero-order valence-electron chi connectivity index (χ0n) is 12.0. The van der Waals surface area contributed by atoms with E-state index >= 15 is 0 Å². The molecule has 0 saturated carbocycles. The summed E-state index contributed by atoms with van der Waals surface area (Å²) in [4.78, 5) is 31.9. The smallest absolute Gasteiger partial charge is 0.334 e. The summed E-state index contributed by atoms with van der Waals surface area (Å²) in [5, 5.41) is 2.56. The predicted octanol–water partition coefficient (Wildman–Crippen LogP) is 1.76. The molecule has 0 radical (unpaired) electrons. The number of pyridine rings is 1. The molecule has 2 rings (SSSR count). The van der Waals surface area contributed by atoms with Crippen LogP contribution in [-0.4, -0.2) is 36.2 Å². The van der Waals surface area contributed by atoms with Crippen molar-refractivity contribution in [2.45, 2.75) is 6.04 Å². The maximum atomic E-state index is 12.1. The molecule has 1 amide bonds. The number of methoxy groups -OCH3 is 1. The molecule has 1 unspecified atom stereocenters. The first-order valence-corrected chi connectivity index (χ1v) is 6.59. The van der Waals surface area contributed by atoms with Gasteiger partial charge in [0.25, 0.3) is 5.91 Å². The van der Waals surface area contributed by atoms with E-state index in [1.54, 1.807) is 54.7 Å². The maximum absolute atomic E-state index is 12.1. The summed E-state index contributed by atoms with van der Waals surface area (Å²) in [5.74, 6) is -0.558. The minimum absolute atomic E-state index is 0.386. The Morgan fingerprint density at radius 1 is 1.18 bits per heavy atom. The number of aromatic nitrogens is 1. The number of hydrogen-bond donors (Lipinski definition) is 1. The number of nitrogens with one attached hydrogen (secondary N) is 1. The number of aliphatic imine (C=N–C) groups is 1. The quantitative estimate of drug-likeness (QED) is 0.673. The van der Waals surface area contributed by atoms with Gasteiger partial charge < -0.3 is 10.1 Å². The molecule has 0 aliphatic heterocycles. The Bertz CT molecular complexity index is 657. The lowest BCUT2D eigenvalue weighted by atomic mass is 10.2. The summed E-state index contributed by atoms with van der Waals surface area (Å²) < 4.78 is 4.67. The number of carbonyl (C=O) groups excluding carboxylic acids is 2. The molecule has 1 aromatic carbocycles. The van der Waals surface area contributed by atoms with Gasteiger partial charge in [-0.15, -0.1) is 0 Å². The summed E-state index contributed by atoms with van der Waals surface area (Å²) in [7, 11) is 1.25. The number of amides is 1. The molecular formula is C16H15N3O3. The van der Waals surface area contributed by atoms with Crippen molar-refractivity contribution in [1.82, 2.24) is 10.3 Å². The zero-order valence-corrected chi connectivity index (χ0v) is 12.0. The molecule has 22 heavy (non-hydrogen) atoms. The van der Waals surface area contributed by atoms with Crippen LogP contribution < -0.4 is 5.32 Å². The van der Waals surface area contributed by atoms with E-state index in [2.05, 4.69) is 20.0 Å². The largest absolute Gasteiger partial charge is 0.467 e. The fraction of sp³-hybridized carbons (Fsp3) is 0.125. The van der Waals surface area contributed by atoms with Gasteiger partial charge in [0.05, 0.1) is 7.11 Å². The average Bonchev–Trinajstić information content (AvgIpc) is 2.59. The van der Waals surface area contributed by atoms with Crippen molar-refractivity contribution in [2.24, 2.45) is 4.99 Å². The second-order valence-corrected chi connectivity index (χ2v) is 4.31. The number of rotatable bonds is 5. The first-order valence-electron chi connectivity index (χ1n) is 6.59. The van der Waals surface area contributed by atoms with Gasteiger partial charge in [0.15, 0.2) is 11.9 Å². The Kier molecular flexibility index (Phi) is 5.37. The topological polar surface area (TPSA) is 80.7 Å². The number of nitrogens with zero attached hydrogens (tertiary/aromatic N) is 2. The molecule has 2 aromatic rings. The van der Waals surface area contributed by atoms with Crippen LogP contribution in [-0.2, 0) is 9.53 Å². The van der Waals surface area contributed by atoms with Crippen molar-refractivity contribution < 1.29 is 14.3 Å². The summed E-state index contributed by atoms with van der Waals surface area (Å²) >= 11 is 0. The Balaban J connectivity index is 2.12. The second-order valence-electron chi connectivity index (χ2n) is 4.31. The maximum Gasteiger partial charge on any atom is 0.334 e. The SMILES string of the molecule is COC(=O)C(C=Nc1ccccn1)NC(=O)c1ccccc1. The highest BCUT2D eigenvalue weighted by molar-refractivity contribution is 6.03. The third-order valence-corrected chi connectivity index (χ3v) is 2.78. The first-order chi connectivity index (χ1) is 10.7. The highest BCUT2D eigenvalue weighted by Gasteiger charge is 2.20. The van der Waals surface area contributed by atoms with Crippen LogP contribution in [0.15, 0.2) is 59.7 Å². The zero-order chi connectivity index (χ0) is 15.8. The van der Waals surface area contributed by atoms with E-state index in [1.165, 1.54) is 13.3 Å². The minimum atomic E-state index is -0.986.